The zero-order chi connectivity index (χ0) is 10.4. The summed E-state index contributed by atoms with van der Waals surface area (Å²) in [5, 5.41) is 0.996. The molecule has 0 aromatic rings. The van der Waals surface area contributed by atoms with Gasteiger partial charge in [-0.1, -0.05) is 15.9 Å². The fourth-order valence-corrected chi connectivity index (χ4v) is 0. The Morgan fingerprint density at radius 2 is 1.58 bits per heavy atom. The maximum Gasteiger partial charge on any atom is 0.522 e. The van der Waals surface area contributed by atoms with Crippen LogP contribution in [0.2, 0.25) is 0 Å². The highest BCUT2D eigenvalue weighted by Gasteiger charge is 2.44. The third kappa shape index (κ3) is 8.62. The summed E-state index contributed by atoms with van der Waals surface area (Å²) in [7, 11) is -5.84. The Balaban J connectivity index is 0. The van der Waals surface area contributed by atoms with Crippen molar-refractivity contribution in [1.29, 1.82) is 0 Å². The first kappa shape index (κ1) is 15.0. The molecule has 12 heavy (non-hydrogen) atoms. The first-order valence-electron chi connectivity index (χ1n) is 2.37. The minimum Gasteiger partial charge on any atom is -0.279 e. The van der Waals surface area contributed by atoms with E-state index < -0.39 is 15.6 Å². The third-order valence-electron chi connectivity index (χ3n) is 0.377. The molecular weight excluding hydrogens is 285 g/mol. The van der Waals surface area contributed by atoms with Crippen LogP contribution in [0.3, 0.4) is 0 Å². The van der Waals surface area contributed by atoms with E-state index in [-0.39, 0.29) is 0 Å². The van der Waals surface area contributed by atoms with Crippen molar-refractivity contribution in [2.24, 2.45) is 0 Å². The molecule has 0 spiro atoms. The molecule has 1 N–H and O–H groups in total. The van der Waals surface area contributed by atoms with E-state index in [0.29, 0.717) is 0 Å². The van der Waals surface area contributed by atoms with Crippen LogP contribution in [0.4, 0.5) is 13.2 Å². The van der Waals surface area contributed by atoms with Crippen molar-refractivity contribution in [2.75, 3.05) is 11.1 Å². The van der Waals surface area contributed by atoms with Gasteiger partial charge in [-0.3, -0.25) is 4.55 Å². The molecule has 0 aromatic carbocycles. The first-order chi connectivity index (χ1) is 5.16. The second kappa shape index (κ2) is 6.06. The van der Waals surface area contributed by atoms with Crippen LogP contribution in [0.25, 0.3) is 0 Å². The minimum absolute atomic E-state index is 0.931. The predicted octanol–water partition coefficient (Wildman–Crippen LogP) is 1.71. The van der Waals surface area contributed by atoms with Crippen LogP contribution < -0.4 is 0 Å². The molecule has 9 heteroatoms. The second-order valence-electron chi connectivity index (χ2n) is 1.33. The molecule has 0 saturated carbocycles. The molecule has 76 valence electrons. The molecule has 0 aliphatic rings. The van der Waals surface area contributed by atoms with Crippen molar-refractivity contribution in [3.63, 3.8) is 0 Å². The SMILES string of the molecule is O=S(=O)(O)C(F)(F)F.SCCBr. The number of hydrogen-bond donors (Lipinski definition) is 2. The number of thiol groups is 1. The highest BCUT2D eigenvalue weighted by molar-refractivity contribution is 9.09. The Bertz CT molecular complexity index is 197. The number of rotatable bonds is 1. The smallest absolute Gasteiger partial charge is 0.279 e. The molecule has 0 fully saturated rings. The molecule has 3 nitrogen and oxygen atoms in total. The Kier molecular flexibility index (Phi) is 7.58. The zero-order valence-corrected chi connectivity index (χ0v) is 8.84. The quantitative estimate of drug-likeness (QED) is 0.335. The van der Waals surface area contributed by atoms with Gasteiger partial charge in [0.15, 0.2) is 0 Å². The van der Waals surface area contributed by atoms with E-state index in [2.05, 4.69) is 28.6 Å². The molecule has 0 rings (SSSR count). The summed E-state index contributed by atoms with van der Waals surface area (Å²) < 4.78 is 57.5. The van der Waals surface area contributed by atoms with Gasteiger partial charge in [0.1, 0.15) is 0 Å². The van der Waals surface area contributed by atoms with Gasteiger partial charge >= 0.3 is 15.6 Å². The fourth-order valence-electron chi connectivity index (χ4n) is 0. The number of alkyl halides is 4. The molecular formula is C3H6BrF3O3S2. The van der Waals surface area contributed by atoms with E-state index in [9.17, 15) is 13.2 Å². The molecule has 0 unspecified atom stereocenters. The van der Waals surface area contributed by atoms with E-state index in [1.165, 1.54) is 0 Å². The Morgan fingerprint density at radius 1 is 1.42 bits per heavy atom. The molecule has 0 saturated heterocycles. The molecule has 0 aliphatic carbocycles. The normalized spacial score (nSPS) is 11.8. The van der Waals surface area contributed by atoms with Crippen molar-refractivity contribution in [3.8, 4) is 0 Å². The fraction of sp³-hybridized carbons (Fsp3) is 1.00. The maximum atomic E-state index is 10.7. The second-order valence-corrected chi connectivity index (χ2v) is 3.99. The summed E-state index contributed by atoms with van der Waals surface area (Å²) in [6, 6.07) is 0. The van der Waals surface area contributed by atoms with E-state index in [0.717, 1.165) is 11.1 Å². The highest BCUT2D eigenvalue weighted by Crippen LogP contribution is 2.20. The Morgan fingerprint density at radius 3 is 1.58 bits per heavy atom. The summed E-state index contributed by atoms with van der Waals surface area (Å²) in [5.41, 5.74) is -5.53. The zero-order valence-electron chi connectivity index (χ0n) is 5.55. The molecule has 0 atom stereocenters. The van der Waals surface area contributed by atoms with Gasteiger partial charge in [-0.15, -0.1) is 0 Å². The van der Waals surface area contributed by atoms with Crippen LogP contribution in [-0.4, -0.2) is 29.6 Å². The van der Waals surface area contributed by atoms with Crippen LogP contribution in [0, 0.1) is 0 Å². The van der Waals surface area contributed by atoms with Gasteiger partial charge in [0, 0.05) is 5.33 Å². The number of hydrogen-bond acceptors (Lipinski definition) is 3. The van der Waals surface area contributed by atoms with Gasteiger partial charge in [-0.25, -0.2) is 0 Å². The topological polar surface area (TPSA) is 54.4 Å². The van der Waals surface area contributed by atoms with E-state index >= 15 is 0 Å². The molecule has 0 amide bonds. The lowest BCUT2D eigenvalue weighted by molar-refractivity contribution is -0.0510. The van der Waals surface area contributed by atoms with E-state index in [1.54, 1.807) is 0 Å². The summed E-state index contributed by atoms with van der Waals surface area (Å²) in [5.74, 6) is 0.931. The van der Waals surface area contributed by atoms with E-state index in [1.807, 2.05) is 0 Å². The van der Waals surface area contributed by atoms with Crippen LogP contribution in [-0.2, 0) is 10.1 Å². The van der Waals surface area contributed by atoms with Gasteiger partial charge in [0.2, 0.25) is 0 Å². The van der Waals surface area contributed by atoms with Gasteiger partial charge in [-0.2, -0.15) is 34.2 Å². The summed E-state index contributed by atoms with van der Waals surface area (Å²) >= 11 is 7.05. The largest absolute Gasteiger partial charge is 0.522 e. The van der Waals surface area contributed by atoms with Gasteiger partial charge in [0.25, 0.3) is 0 Å². The van der Waals surface area contributed by atoms with Crippen LogP contribution in [0.15, 0.2) is 0 Å². The average Bonchev–Trinajstić information content (AvgIpc) is 1.84. The molecule has 0 radical (unpaired) electrons. The average molecular weight is 291 g/mol. The van der Waals surface area contributed by atoms with Crippen molar-refractivity contribution >= 4 is 38.7 Å². The molecule has 0 aromatic heterocycles. The highest BCUT2D eigenvalue weighted by atomic mass is 79.9. The first-order valence-corrected chi connectivity index (χ1v) is 5.56. The lowest BCUT2D eigenvalue weighted by atomic mass is 11.0. The minimum atomic E-state index is -5.84. The van der Waals surface area contributed by atoms with Crippen LogP contribution >= 0.6 is 28.6 Å². The Hall–Kier alpha value is 0.530. The molecule has 0 heterocycles. The lowest BCUT2D eigenvalue weighted by Gasteiger charge is -1.97. The van der Waals surface area contributed by atoms with Gasteiger partial charge in [-0.05, 0) is 5.75 Å². The summed E-state index contributed by atoms with van der Waals surface area (Å²) in [4.78, 5) is 0. The molecule has 0 aliphatic heterocycles. The van der Waals surface area contributed by atoms with Crippen molar-refractivity contribution in [1.82, 2.24) is 0 Å². The Labute approximate surface area is 81.6 Å². The van der Waals surface area contributed by atoms with Gasteiger partial charge in [0.05, 0.1) is 0 Å². The van der Waals surface area contributed by atoms with Crippen molar-refractivity contribution in [3.05, 3.63) is 0 Å². The van der Waals surface area contributed by atoms with Gasteiger partial charge < -0.3 is 0 Å². The van der Waals surface area contributed by atoms with Crippen LogP contribution in [0.5, 0.6) is 0 Å². The summed E-state index contributed by atoms with van der Waals surface area (Å²) in [6.45, 7) is 0. The van der Waals surface area contributed by atoms with Crippen molar-refractivity contribution < 1.29 is 26.1 Å². The van der Waals surface area contributed by atoms with Crippen molar-refractivity contribution in [2.45, 2.75) is 5.51 Å². The lowest BCUT2D eigenvalue weighted by Crippen LogP contribution is -2.21. The monoisotopic (exact) mass is 290 g/mol. The standard InChI is InChI=1S/C2H5BrS.CHF3O3S/c3-1-2-4;2-1(3,4)8(5,6)7/h4H,1-2H2;(H,5,6,7). The van der Waals surface area contributed by atoms with Crippen LogP contribution in [0.1, 0.15) is 0 Å². The third-order valence-corrected chi connectivity index (χ3v) is 2.19. The van der Waals surface area contributed by atoms with E-state index in [4.69, 9.17) is 13.0 Å². The summed E-state index contributed by atoms with van der Waals surface area (Å²) in [6.07, 6.45) is 0. The predicted molar refractivity (Wildman–Crippen MR) is 45.3 cm³/mol. The number of halogens is 4. The molecule has 0 bridgehead atoms. The maximum absolute atomic E-state index is 10.7.